The van der Waals surface area contributed by atoms with Gasteiger partial charge in [0.25, 0.3) is 11.8 Å². The van der Waals surface area contributed by atoms with Crippen LogP contribution in [0.3, 0.4) is 0 Å². The first-order valence-electron chi connectivity index (χ1n) is 11.3. The second-order valence-electron chi connectivity index (χ2n) is 8.92. The number of thiazole rings is 1. The molecule has 2 aromatic carbocycles. The van der Waals surface area contributed by atoms with Crippen molar-refractivity contribution in [3.8, 4) is 10.4 Å². The summed E-state index contributed by atoms with van der Waals surface area (Å²) in [6.45, 7) is 3.00. The molecule has 172 valence electrons. The predicted octanol–water partition coefficient (Wildman–Crippen LogP) is 5.41. The van der Waals surface area contributed by atoms with E-state index in [4.69, 9.17) is 16.0 Å². The van der Waals surface area contributed by atoms with E-state index < -0.39 is 0 Å². The molecule has 2 aromatic heterocycles. The van der Waals surface area contributed by atoms with Gasteiger partial charge in [0.05, 0.1) is 27.8 Å². The molecule has 0 spiro atoms. The molecule has 2 amide bonds. The van der Waals surface area contributed by atoms with Gasteiger partial charge in [-0.2, -0.15) is 0 Å². The highest BCUT2D eigenvalue weighted by Gasteiger charge is 2.54. The standard InChI is InChI=1S/C26H22ClN3O3S/c1-14-29-23(24(34-14)18-5-2-3-7-20(18)27)26(32)30-13-15-11-19(15)21(30)12-28-25(31)17-6-4-8-22-16(17)9-10-33-22/h2-10,15,19,21H,11-13H2,1H3,(H,28,31)/t15-,19-,21-/m1/s1. The van der Waals surface area contributed by atoms with Crippen LogP contribution in [-0.2, 0) is 0 Å². The van der Waals surface area contributed by atoms with Crippen molar-refractivity contribution in [2.45, 2.75) is 19.4 Å². The number of likely N-dealkylation sites (tertiary alicyclic amines) is 1. The molecule has 6 nitrogen and oxygen atoms in total. The van der Waals surface area contributed by atoms with E-state index in [0.29, 0.717) is 46.8 Å². The van der Waals surface area contributed by atoms with Crippen LogP contribution in [0.1, 0.15) is 32.3 Å². The first kappa shape index (κ1) is 21.4. The normalized spacial score (nSPS) is 21.0. The van der Waals surface area contributed by atoms with Gasteiger partial charge in [0, 0.05) is 29.1 Å². The summed E-state index contributed by atoms with van der Waals surface area (Å²) in [7, 11) is 0. The maximum Gasteiger partial charge on any atom is 0.274 e. The largest absolute Gasteiger partial charge is 0.464 e. The lowest BCUT2D eigenvalue weighted by atomic mass is 10.1. The van der Waals surface area contributed by atoms with E-state index in [1.165, 1.54) is 11.3 Å². The molecule has 4 aromatic rings. The summed E-state index contributed by atoms with van der Waals surface area (Å²) in [5.74, 6) is 0.650. The lowest BCUT2D eigenvalue weighted by Crippen LogP contribution is -2.45. The molecule has 3 heterocycles. The van der Waals surface area contributed by atoms with Crippen molar-refractivity contribution in [1.82, 2.24) is 15.2 Å². The number of rotatable bonds is 5. The Bertz CT molecular complexity index is 1430. The zero-order chi connectivity index (χ0) is 23.4. The van der Waals surface area contributed by atoms with Crippen LogP contribution in [0.15, 0.2) is 59.2 Å². The molecule has 0 bridgehead atoms. The molecule has 0 unspecified atom stereocenters. The number of hydrogen-bond donors (Lipinski definition) is 1. The third-order valence-electron chi connectivity index (χ3n) is 6.83. The van der Waals surface area contributed by atoms with E-state index in [9.17, 15) is 9.59 Å². The molecule has 8 heteroatoms. The quantitative estimate of drug-likeness (QED) is 0.405. The van der Waals surface area contributed by atoms with Crippen molar-refractivity contribution in [2.75, 3.05) is 13.1 Å². The van der Waals surface area contributed by atoms with Gasteiger partial charge in [0.2, 0.25) is 0 Å². The average Bonchev–Trinajstić information content (AvgIpc) is 3.16. The number of benzene rings is 2. The van der Waals surface area contributed by atoms with E-state index >= 15 is 0 Å². The lowest BCUT2D eigenvalue weighted by molar-refractivity contribution is 0.0690. The minimum atomic E-state index is -0.162. The highest BCUT2D eigenvalue weighted by atomic mass is 35.5. The number of furan rings is 1. The summed E-state index contributed by atoms with van der Waals surface area (Å²) in [6.07, 6.45) is 2.68. The average molecular weight is 492 g/mol. The Kier molecular flexibility index (Phi) is 5.19. The Hall–Kier alpha value is -3.16. The number of hydrogen-bond acceptors (Lipinski definition) is 5. The molecule has 1 aliphatic carbocycles. The monoisotopic (exact) mass is 491 g/mol. The van der Waals surface area contributed by atoms with Crippen molar-refractivity contribution in [3.05, 3.63) is 76.1 Å². The first-order valence-corrected chi connectivity index (χ1v) is 12.5. The molecule has 1 N–H and O–H groups in total. The second kappa shape index (κ2) is 8.25. The minimum Gasteiger partial charge on any atom is -0.464 e. The summed E-state index contributed by atoms with van der Waals surface area (Å²) < 4.78 is 5.42. The highest BCUT2D eigenvalue weighted by Crippen LogP contribution is 2.50. The predicted molar refractivity (Wildman–Crippen MR) is 132 cm³/mol. The van der Waals surface area contributed by atoms with E-state index in [0.717, 1.165) is 27.3 Å². The molecule has 1 saturated heterocycles. The van der Waals surface area contributed by atoms with Crippen molar-refractivity contribution in [1.29, 1.82) is 0 Å². The molecule has 6 rings (SSSR count). The van der Waals surface area contributed by atoms with Gasteiger partial charge in [-0.15, -0.1) is 11.3 Å². The van der Waals surface area contributed by atoms with Gasteiger partial charge in [-0.3, -0.25) is 9.59 Å². The van der Waals surface area contributed by atoms with Crippen LogP contribution >= 0.6 is 22.9 Å². The van der Waals surface area contributed by atoms with E-state index in [1.54, 1.807) is 18.4 Å². The number of amides is 2. The zero-order valence-corrected chi connectivity index (χ0v) is 20.0. The molecule has 2 aliphatic rings. The Morgan fingerprint density at radius 3 is 2.91 bits per heavy atom. The summed E-state index contributed by atoms with van der Waals surface area (Å²) in [6, 6.07) is 14.7. The van der Waals surface area contributed by atoms with Crippen molar-refractivity contribution in [3.63, 3.8) is 0 Å². The van der Waals surface area contributed by atoms with Gasteiger partial charge >= 0.3 is 0 Å². The van der Waals surface area contributed by atoms with Crippen LogP contribution in [0, 0.1) is 18.8 Å². The third-order valence-corrected chi connectivity index (χ3v) is 8.16. The molecular formula is C26H22ClN3O3S. The van der Waals surface area contributed by atoms with Gasteiger partial charge in [-0.1, -0.05) is 35.9 Å². The van der Waals surface area contributed by atoms with Crippen molar-refractivity contribution in [2.24, 2.45) is 11.8 Å². The number of carbonyl (C=O) groups is 2. The van der Waals surface area contributed by atoms with E-state index in [1.807, 2.05) is 48.2 Å². The minimum absolute atomic E-state index is 0.0499. The molecule has 1 saturated carbocycles. The SMILES string of the molecule is Cc1nc(C(=O)N2C[C@H]3C[C@H]3[C@H]2CNC(=O)c2cccc3occc23)c(-c2ccccc2Cl)s1. The van der Waals surface area contributed by atoms with Gasteiger partial charge in [-0.25, -0.2) is 4.98 Å². The molecule has 3 atom stereocenters. The van der Waals surface area contributed by atoms with E-state index in [-0.39, 0.29) is 17.9 Å². The second-order valence-corrected chi connectivity index (χ2v) is 10.5. The number of aromatic nitrogens is 1. The van der Waals surface area contributed by atoms with Gasteiger partial charge in [0.1, 0.15) is 11.3 Å². The number of piperidine rings is 1. The van der Waals surface area contributed by atoms with Crippen LogP contribution in [0.2, 0.25) is 5.02 Å². The van der Waals surface area contributed by atoms with Crippen LogP contribution in [0.25, 0.3) is 21.4 Å². The Morgan fingerprint density at radius 2 is 2.06 bits per heavy atom. The number of nitrogens with one attached hydrogen (secondary N) is 1. The Labute approximate surface area is 205 Å². The fraction of sp³-hybridized carbons (Fsp3) is 0.269. The lowest BCUT2D eigenvalue weighted by Gasteiger charge is -2.27. The first-order chi connectivity index (χ1) is 16.5. The highest BCUT2D eigenvalue weighted by molar-refractivity contribution is 7.15. The number of fused-ring (bicyclic) bond motifs is 2. The fourth-order valence-corrected chi connectivity index (χ4v) is 6.32. The summed E-state index contributed by atoms with van der Waals surface area (Å²) >= 11 is 7.92. The molecule has 2 fully saturated rings. The maximum atomic E-state index is 13.7. The van der Waals surface area contributed by atoms with Crippen LogP contribution in [0.4, 0.5) is 0 Å². The smallest absolute Gasteiger partial charge is 0.274 e. The summed E-state index contributed by atoms with van der Waals surface area (Å²) in [5, 5.41) is 5.27. The number of aryl methyl sites for hydroxylation is 1. The summed E-state index contributed by atoms with van der Waals surface area (Å²) in [4.78, 5) is 34.0. The molecular weight excluding hydrogens is 470 g/mol. The van der Waals surface area contributed by atoms with Gasteiger partial charge in [0.15, 0.2) is 0 Å². The number of nitrogens with zero attached hydrogens (tertiary/aromatic N) is 2. The van der Waals surface area contributed by atoms with Gasteiger partial charge in [-0.05, 0) is 49.4 Å². The van der Waals surface area contributed by atoms with Crippen LogP contribution < -0.4 is 5.32 Å². The topological polar surface area (TPSA) is 75.4 Å². The number of halogens is 1. The Balaban J connectivity index is 1.24. The van der Waals surface area contributed by atoms with Crippen LogP contribution in [0.5, 0.6) is 0 Å². The number of carbonyl (C=O) groups excluding carboxylic acids is 2. The van der Waals surface area contributed by atoms with Crippen LogP contribution in [-0.4, -0.2) is 40.8 Å². The molecule has 1 aliphatic heterocycles. The van der Waals surface area contributed by atoms with Crippen molar-refractivity contribution < 1.29 is 14.0 Å². The fourth-order valence-electron chi connectivity index (χ4n) is 5.09. The zero-order valence-electron chi connectivity index (χ0n) is 18.5. The summed E-state index contributed by atoms with van der Waals surface area (Å²) in [5.41, 5.74) is 2.51. The Morgan fingerprint density at radius 1 is 1.21 bits per heavy atom. The van der Waals surface area contributed by atoms with Gasteiger partial charge < -0.3 is 14.6 Å². The maximum absolute atomic E-state index is 13.7. The molecule has 0 radical (unpaired) electrons. The molecule has 34 heavy (non-hydrogen) atoms. The third kappa shape index (κ3) is 3.60. The van der Waals surface area contributed by atoms with Crippen molar-refractivity contribution >= 4 is 45.7 Å². The van der Waals surface area contributed by atoms with E-state index in [2.05, 4.69) is 10.3 Å².